The van der Waals surface area contributed by atoms with Crippen LogP contribution in [0.15, 0.2) is 29.2 Å². The summed E-state index contributed by atoms with van der Waals surface area (Å²) in [5.74, 6) is 0. The van der Waals surface area contributed by atoms with Gasteiger partial charge in [-0.15, -0.1) is 6.54 Å². The lowest BCUT2D eigenvalue weighted by Gasteiger charge is -2.16. The third-order valence-corrected chi connectivity index (χ3v) is 2.38. The van der Waals surface area contributed by atoms with Crippen molar-refractivity contribution < 1.29 is 13.2 Å². The molecule has 0 saturated heterocycles. The summed E-state index contributed by atoms with van der Waals surface area (Å²) in [6.45, 7) is 0.319. The van der Waals surface area contributed by atoms with Gasteiger partial charge in [0.05, 0.1) is 0 Å². The van der Waals surface area contributed by atoms with E-state index in [2.05, 4.69) is 5.32 Å². The third kappa shape index (κ3) is 3.59. The van der Waals surface area contributed by atoms with Crippen molar-refractivity contribution in [3.8, 4) is 0 Å². The Balaban J connectivity index is 2.84. The number of hydrogen-bond acceptors (Lipinski definition) is 1. The van der Waals surface area contributed by atoms with Gasteiger partial charge in [0, 0.05) is 4.90 Å². The van der Waals surface area contributed by atoms with Gasteiger partial charge < -0.3 is 5.32 Å². The van der Waals surface area contributed by atoms with Crippen molar-refractivity contribution in [1.29, 1.82) is 0 Å². The fraction of sp³-hybridized carbons (Fsp3) is 0.333. The van der Waals surface area contributed by atoms with E-state index < -0.39 is 5.51 Å². The smallest absolute Gasteiger partial charge is 0.446 e. The fourth-order valence-corrected chi connectivity index (χ4v) is 1.69. The Morgan fingerprint density at radius 1 is 1.29 bits per heavy atom. The van der Waals surface area contributed by atoms with Gasteiger partial charge in [0.15, 0.2) is 0 Å². The number of nitrogens with zero attached hydrogens (tertiary/aromatic N) is 1. The van der Waals surface area contributed by atoms with Crippen LogP contribution in [0.4, 0.5) is 13.2 Å². The second-order valence-corrected chi connectivity index (χ2v) is 3.74. The quantitative estimate of drug-likeness (QED) is 0.706. The summed E-state index contributed by atoms with van der Waals surface area (Å²) in [6.07, 6.45) is 0. The number of benzene rings is 1. The van der Waals surface area contributed by atoms with Crippen LogP contribution in [0.25, 0.3) is 5.32 Å². The second kappa shape index (κ2) is 4.70. The van der Waals surface area contributed by atoms with Crippen molar-refractivity contribution in [2.45, 2.75) is 16.9 Å². The van der Waals surface area contributed by atoms with Crippen LogP contribution in [0, 0.1) is 0 Å². The molecule has 0 fully saturated rings. The minimum absolute atomic E-state index is 0.0927. The summed E-state index contributed by atoms with van der Waals surface area (Å²) < 4.78 is 36.3. The molecule has 0 unspecified atom stereocenters. The zero-order chi connectivity index (χ0) is 10.6. The van der Waals surface area contributed by atoms with Gasteiger partial charge >= 0.3 is 5.51 Å². The van der Waals surface area contributed by atoms with E-state index in [-0.39, 0.29) is 16.7 Å². The van der Waals surface area contributed by atoms with Gasteiger partial charge in [0.2, 0.25) is 0 Å². The van der Waals surface area contributed by atoms with Crippen LogP contribution in [0.3, 0.4) is 0 Å². The second-order valence-electron chi connectivity index (χ2n) is 2.63. The number of halogens is 3. The predicted molar refractivity (Wildman–Crippen MR) is 51.3 cm³/mol. The van der Waals surface area contributed by atoms with Crippen molar-refractivity contribution in [2.24, 2.45) is 0 Å². The molecule has 0 heterocycles. The van der Waals surface area contributed by atoms with Crippen LogP contribution in [-0.4, -0.2) is 12.6 Å². The Kier molecular flexibility index (Phi) is 3.83. The van der Waals surface area contributed by atoms with Gasteiger partial charge in [-0.3, -0.25) is 0 Å². The topological polar surface area (TPSA) is 14.1 Å². The number of thioether (sulfide) groups is 1. The maximum absolute atomic E-state index is 12.1. The van der Waals surface area contributed by atoms with E-state index in [1.807, 2.05) is 0 Å². The standard InChI is InChI=1S/C9H9F3NS/c1-13-6-7-4-2-3-5-8(7)14-9(10,11)12/h2-5H,6H2,1H3/q-1. The summed E-state index contributed by atoms with van der Waals surface area (Å²) in [5.41, 5.74) is -3.62. The van der Waals surface area contributed by atoms with E-state index >= 15 is 0 Å². The van der Waals surface area contributed by atoms with Gasteiger partial charge in [-0.1, -0.05) is 23.8 Å². The third-order valence-electron chi connectivity index (χ3n) is 1.53. The van der Waals surface area contributed by atoms with E-state index in [0.29, 0.717) is 12.1 Å². The SMILES string of the molecule is C[N-]Cc1ccccc1SC(F)(F)F. The molecule has 0 atom stereocenters. The number of alkyl halides is 3. The molecule has 0 aliphatic rings. The van der Waals surface area contributed by atoms with Gasteiger partial charge in [0.25, 0.3) is 0 Å². The first-order chi connectivity index (χ1) is 6.53. The first-order valence-corrected chi connectivity index (χ1v) is 4.74. The van der Waals surface area contributed by atoms with E-state index in [0.717, 1.165) is 0 Å². The molecular formula is C9H9F3NS-. The zero-order valence-electron chi connectivity index (χ0n) is 7.51. The fourth-order valence-electron chi connectivity index (χ4n) is 1.03. The van der Waals surface area contributed by atoms with E-state index in [4.69, 9.17) is 0 Å². The van der Waals surface area contributed by atoms with Crippen molar-refractivity contribution in [1.82, 2.24) is 0 Å². The van der Waals surface area contributed by atoms with Gasteiger partial charge in [-0.05, 0) is 17.8 Å². The van der Waals surface area contributed by atoms with Crippen molar-refractivity contribution in [3.63, 3.8) is 0 Å². The summed E-state index contributed by atoms with van der Waals surface area (Å²) in [6, 6.07) is 6.41. The Bertz CT molecular complexity index is 298. The highest BCUT2D eigenvalue weighted by molar-refractivity contribution is 8.00. The van der Waals surface area contributed by atoms with Crippen LogP contribution in [0.2, 0.25) is 0 Å². The maximum atomic E-state index is 12.1. The van der Waals surface area contributed by atoms with Gasteiger partial charge in [-0.2, -0.15) is 20.2 Å². The molecule has 1 aromatic carbocycles. The molecule has 1 aromatic rings. The lowest BCUT2D eigenvalue weighted by molar-refractivity contribution is -0.0328. The Morgan fingerprint density at radius 2 is 1.93 bits per heavy atom. The molecule has 5 heteroatoms. The highest BCUT2D eigenvalue weighted by Crippen LogP contribution is 2.38. The summed E-state index contributed by atoms with van der Waals surface area (Å²) >= 11 is -0.0927. The molecule has 0 saturated carbocycles. The minimum Gasteiger partial charge on any atom is -0.661 e. The molecular weight excluding hydrogens is 211 g/mol. The van der Waals surface area contributed by atoms with E-state index in [9.17, 15) is 13.2 Å². The van der Waals surface area contributed by atoms with E-state index in [1.165, 1.54) is 6.07 Å². The summed E-state index contributed by atoms with van der Waals surface area (Å²) in [7, 11) is 1.58. The van der Waals surface area contributed by atoms with Crippen molar-refractivity contribution in [3.05, 3.63) is 35.1 Å². The molecule has 0 radical (unpaired) electrons. The number of rotatable bonds is 3. The molecule has 0 amide bonds. The van der Waals surface area contributed by atoms with Crippen LogP contribution in [0.1, 0.15) is 5.56 Å². The first kappa shape index (κ1) is 11.4. The van der Waals surface area contributed by atoms with E-state index in [1.54, 1.807) is 25.2 Å². The zero-order valence-corrected chi connectivity index (χ0v) is 8.32. The maximum Gasteiger partial charge on any atom is 0.446 e. The van der Waals surface area contributed by atoms with Gasteiger partial charge in [0.1, 0.15) is 0 Å². The summed E-state index contributed by atoms with van der Waals surface area (Å²) in [5, 5.41) is 3.82. The lowest BCUT2D eigenvalue weighted by atomic mass is 10.2. The molecule has 0 spiro atoms. The highest BCUT2D eigenvalue weighted by atomic mass is 32.2. The predicted octanol–water partition coefficient (Wildman–Crippen LogP) is 3.80. The normalized spacial score (nSPS) is 11.7. The average molecular weight is 220 g/mol. The molecule has 78 valence electrons. The minimum atomic E-state index is -4.23. The molecule has 0 bridgehead atoms. The van der Waals surface area contributed by atoms with Crippen LogP contribution < -0.4 is 0 Å². The molecule has 0 aliphatic carbocycles. The Morgan fingerprint density at radius 3 is 2.50 bits per heavy atom. The average Bonchev–Trinajstić information content (AvgIpc) is 2.06. The molecule has 14 heavy (non-hydrogen) atoms. The van der Waals surface area contributed by atoms with Gasteiger partial charge in [-0.25, -0.2) is 0 Å². The lowest BCUT2D eigenvalue weighted by Crippen LogP contribution is -2.00. The molecule has 0 aliphatic heterocycles. The monoisotopic (exact) mass is 220 g/mol. The van der Waals surface area contributed by atoms with Crippen molar-refractivity contribution in [2.75, 3.05) is 7.05 Å². The van der Waals surface area contributed by atoms with Crippen LogP contribution in [0.5, 0.6) is 0 Å². The number of hydrogen-bond donors (Lipinski definition) is 0. The first-order valence-electron chi connectivity index (χ1n) is 3.92. The summed E-state index contributed by atoms with van der Waals surface area (Å²) in [4.78, 5) is 0.227. The van der Waals surface area contributed by atoms with Crippen molar-refractivity contribution >= 4 is 11.8 Å². The highest BCUT2D eigenvalue weighted by Gasteiger charge is 2.29. The largest absolute Gasteiger partial charge is 0.661 e. The van der Waals surface area contributed by atoms with Crippen LogP contribution in [-0.2, 0) is 6.54 Å². The molecule has 0 aromatic heterocycles. The Hall–Kier alpha value is -0.680. The Labute approximate surface area is 84.7 Å². The molecule has 0 N–H and O–H groups in total. The van der Waals surface area contributed by atoms with Crippen LogP contribution >= 0.6 is 11.8 Å². The molecule has 1 nitrogen and oxygen atoms in total. The molecule has 1 rings (SSSR count).